The Balaban J connectivity index is 1.71. The molecule has 0 spiro atoms. The van der Waals surface area contributed by atoms with Crippen molar-refractivity contribution in [2.24, 2.45) is 0 Å². The van der Waals surface area contributed by atoms with Gasteiger partial charge in [0.05, 0.1) is 11.1 Å². The zero-order valence-electron chi connectivity index (χ0n) is 13.2. The number of carbonyl (C=O) groups is 1. The van der Waals surface area contributed by atoms with Crippen LogP contribution in [0.2, 0.25) is 0 Å². The Morgan fingerprint density at radius 2 is 2.12 bits per heavy atom. The van der Waals surface area contributed by atoms with Crippen LogP contribution in [0.5, 0.6) is 5.75 Å². The fourth-order valence-corrected chi connectivity index (χ4v) is 3.48. The molecule has 6 heteroatoms. The molecule has 0 aromatic heterocycles. The minimum absolute atomic E-state index is 0.229. The van der Waals surface area contributed by atoms with Gasteiger partial charge in [0.1, 0.15) is 5.75 Å². The molecule has 124 valence electrons. The zero-order valence-corrected chi connectivity index (χ0v) is 15.6. The van der Waals surface area contributed by atoms with Gasteiger partial charge in [-0.1, -0.05) is 18.2 Å². The van der Waals surface area contributed by atoms with E-state index >= 15 is 0 Å². The van der Waals surface area contributed by atoms with Crippen molar-refractivity contribution in [2.75, 3.05) is 18.1 Å². The molecule has 1 N–H and O–H groups in total. The van der Waals surface area contributed by atoms with Crippen LogP contribution in [0.25, 0.3) is 0 Å². The molecule has 1 aliphatic heterocycles. The molecule has 1 amide bonds. The summed E-state index contributed by atoms with van der Waals surface area (Å²) in [6, 6.07) is 13.3. The highest BCUT2D eigenvalue weighted by Crippen LogP contribution is 2.28. The van der Waals surface area contributed by atoms with Crippen LogP contribution in [0, 0.1) is 0 Å². The van der Waals surface area contributed by atoms with Crippen molar-refractivity contribution < 1.29 is 9.53 Å². The van der Waals surface area contributed by atoms with E-state index in [0.29, 0.717) is 23.0 Å². The van der Waals surface area contributed by atoms with Crippen molar-refractivity contribution in [1.82, 2.24) is 5.32 Å². The number of halogens is 1. The third-order valence-corrected chi connectivity index (χ3v) is 4.79. The first-order chi connectivity index (χ1) is 11.6. The Morgan fingerprint density at radius 1 is 1.33 bits per heavy atom. The standard InChI is InChI=1S/C18H17BrN2O2S/c1-2-23-16-8-7-13(11-14(16)19)17(22)20-18(24)21-10-9-12-5-3-4-6-15(12)21/h3-8,11H,2,9-10H2,1H3,(H,20,22,24). The second-order valence-corrected chi connectivity index (χ2v) is 6.61. The van der Waals surface area contributed by atoms with Crippen molar-refractivity contribution in [3.05, 3.63) is 58.1 Å². The summed E-state index contributed by atoms with van der Waals surface area (Å²) in [4.78, 5) is 14.4. The molecule has 0 saturated heterocycles. The highest BCUT2D eigenvalue weighted by Gasteiger charge is 2.23. The van der Waals surface area contributed by atoms with Gasteiger partial charge in [-0.15, -0.1) is 0 Å². The zero-order chi connectivity index (χ0) is 17.1. The molecule has 0 unspecified atom stereocenters. The molecule has 2 aromatic carbocycles. The van der Waals surface area contributed by atoms with E-state index in [1.807, 2.05) is 30.0 Å². The molecule has 0 radical (unpaired) electrons. The fraction of sp³-hybridized carbons (Fsp3) is 0.222. The Morgan fingerprint density at radius 3 is 2.88 bits per heavy atom. The van der Waals surface area contributed by atoms with Crippen LogP contribution in [0.1, 0.15) is 22.8 Å². The predicted octanol–water partition coefficient (Wildman–Crippen LogP) is 3.93. The summed E-state index contributed by atoms with van der Waals surface area (Å²) in [5, 5.41) is 3.24. The summed E-state index contributed by atoms with van der Waals surface area (Å²) in [7, 11) is 0. The van der Waals surface area contributed by atoms with Crippen molar-refractivity contribution in [3.8, 4) is 5.75 Å². The van der Waals surface area contributed by atoms with Crippen LogP contribution < -0.4 is 15.0 Å². The van der Waals surface area contributed by atoms with Crippen molar-refractivity contribution >= 4 is 44.9 Å². The summed E-state index contributed by atoms with van der Waals surface area (Å²) >= 11 is 8.85. The summed E-state index contributed by atoms with van der Waals surface area (Å²) in [5.41, 5.74) is 2.84. The molecule has 1 aliphatic rings. The molecule has 3 rings (SSSR count). The van der Waals surface area contributed by atoms with Gasteiger partial charge in [-0.25, -0.2) is 0 Å². The lowest BCUT2D eigenvalue weighted by molar-refractivity contribution is 0.0977. The van der Waals surface area contributed by atoms with Gasteiger partial charge in [-0.3, -0.25) is 10.1 Å². The van der Waals surface area contributed by atoms with Crippen LogP contribution in [0.15, 0.2) is 46.9 Å². The van der Waals surface area contributed by atoms with Crippen LogP contribution in [-0.2, 0) is 6.42 Å². The highest BCUT2D eigenvalue weighted by molar-refractivity contribution is 9.10. The van der Waals surface area contributed by atoms with E-state index in [9.17, 15) is 4.79 Å². The number of thiocarbonyl (C=S) groups is 1. The molecule has 4 nitrogen and oxygen atoms in total. The monoisotopic (exact) mass is 404 g/mol. The first kappa shape index (κ1) is 16.9. The first-order valence-corrected chi connectivity index (χ1v) is 8.93. The number of para-hydroxylation sites is 1. The maximum atomic E-state index is 12.5. The second-order valence-electron chi connectivity index (χ2n) is 5.37. The summed E-state index contributed by atoms with van der Waals surface area (Å²) in [6.45, 7) is 3.27. The number of nitrogens with zero attached hydrogens (tertiary/aromatic N) is 1. The molecule has 2 aromatic rings. The van der Waals surface area contributed by atoms with Crippen LogP contribution in [0.3, 0.4) is 0 Å². The number of amides is 1. The number of ether oxygens (including phenoxy) is 1. The topological polar surface area (TPSA) is 41.6 Å². The molecular formula is C18H17BrN2O2S. The van der Waals surface area contributed by atoms with E-state index < -0.39 is 0 Å². The SMILES string of the molecule is CCOc1ccc(C(=O)NC(=S)N2CCc3ccccc32)cc1Br. The molecule has 0 aliphatic carbocycles. The number of carbonyl (C=O) groups excluding carboxylic acids is 1. The Kier molecular flexibility index (Phi) is 5.16. The quantitative estimate of drug-likeness (QED) is 0.786. The van der Waals surface area contributed by atoms with E-state index in [-0.39, 0.29) is 5.91 Å². The van der Waals surface area contributed by atoms with Crippen LogP contribution in [0.4, 0.5) is 5.69 Å². The number of benzene rings is 2. The van der Waals surface area contributed by atoms with E-state index in [1.165, 1.54) is 5.56 Å². The largest absolute Gasteiger partial charge is 0.493 e. The number of hydrogen-bond donors (Lipinski definition) is 1. The van der Waals surface area contributed by atoms with Crippen molar-refractivity contribution in [3.63, 3.8) is 0 Å². The number of fused-ring (bicyclic) bond motifs is 1. The van der Waals surface area contributed by atoms with E-state index in [0.717, 1.165) is 23.1 Å². The lowest BCUT2D eigenvalue weighted by Crippen LogP contribution is -2.41. The molecule has 1 heterocycles. The Labute approximate surface area is 154 Å². The average molecular weight is 405 g/mol. The normalized spacial score (nSPS) is 12.7. The van der Waals surface area contributed by atoms with Crippen LogP contribution in [-0.4, -0.2) is 24.2 Å². The predicted molar refractivity (Wildman–Crippen MR) is 103 cm³/mol. The Hall–Kier alpha value is -1.92. The minimum atomic E-state index is -0.229. The number of rotatable bonds is 3. The van der Waals surface area contributed by atoms with Crippen molar-refractivity contribution in [1.29, 1.82) is 0 Å². The highest BCUT2D eigenvalue weighted by atomic mass is 79.9. The summed E-state index contributed by atoms with van der Waals surface area (Å²) < 4.78 is 6.21. The average Bonchev–Trinajstić information content (AvgIpc) is 3.01. The molecule has 0 atom stereocenters. The van der Waals surface area contributed by atoms with Gasteiger partial charge in [-0.05, 0) is 71.3 Å². The fourth-order valence-electron chi connectivity index (χ4n) is 2.70. The first-order valence-electron chi connectivity index (χ1n) is 7.73. The van der Waals surface area contributed by atoms with Crippen LogP contribution >= 0.6 is 28.1 Å². The van der Waals surface area contributed by atoms with E-state index in [2.05, 4.69) is 27.3 Å². The minimum Gasteiger partial charge on any atom is -0.493 e. The van der Waals surface area contributed by atoms with E-state index in [1.54, 1.807) is 18.2 Å². The molecule has 0 saturated carbocycles. The van der Waals surface area contributed by atoms with Gasteiger partial charge in [0.2, 0.25) is 0 Å². The number of hydrogen-bond acceptors (Lipinski definition) is 3. The maximum Gasteiger partial charge on any atom is 0.257 e. The number of nitrogens with one attached hydrogen (secondary N) is 1. The summed E-state index contributed by atoms with van der Waals surface area (Å²) in [6.07, 6.45) is 0.931. The second kappa shape index (κ2) is 7.32. The Bertz CT molecular complexity index is 794. The van der Waals surface area contributed by atoms with E-state index in [4.69, 9.17) is 17.0 Å². The van der Waals surface area contributed by atoms with Gasteiger partial charge < -0.3 is 9.64 Å². The maximum absolute atomic E-state index is 12.5. The summed E-state index contributed by atoms with van der Waals surface area (Å²) in [5.74, 6) is 0.484. The molecule has 0 bridgehead atoms. The lowest BCUT2D eigenvalue weighted by Gasteiger charge is -2.20. The lowest BCUT2D eigenvalue weighted by atomic mass is 10.2. The van der Waals surface area contributed by atoms with Gasteiger partial charge in [0, 0.05) is 17.8 Å². The number of anilines is 1. The smallest absolute Gasteiger partial charge is 0.257 e. The molecular weight excluding hydrogens is 388 g/mol. The van der Waals surface area contributed by atoms with Gasteiger partial charge >= 0.3 is 0 Å². The van der Waals surface area contributed by atoms with Gasteiger partial charge in [0.25, 0.3) is 5.91 Å². The molecule has 0 fully saturated rings. The third-order valence-electron chi connectivity index (χ3n) is 3.85. The molecule has 24 heavy (non-hydrogen) atoms. The van der Waals surface area contributed by atoms with Crippen molar-refractivity contribution in [2.45, 2.75) is 13.3 Å². The third kappa shape index (κ3) is 3.44. The van der Waals surface area contributed by atoms with Gasteiger partial charge in [-0.2, -0.15) is 0 Å². The van der Waals surface area contributed by atoms with Gasteiger partial charge in [0.15, 0.2) is 5.11 Å².